The van der Waals surface area contributed by atoms with E-state index in [1.165, 1.54) is 22.5 Å². The van der Waals surface area contributed by atoms with Gasteiger partial charge in [0, 0.05) is 25.7 Å². The number of sulfonamides is 2. The maximum absolute atomic E-state index is 12.8. The van der Waals surface area contributed by atoms with E-state index < -0.39 is 26.1 Å². The summed E-state index contributed by atoms with van der Waals surface area (Å²) in [5.74, 6) is 0. The van der Waals surface area contributed by atoms with Crippen molar-refractivity contribution in [3.05, 3.63) is 24.3 Å². The van der Waals surface area contributed by atoms with Gasteiger partial charge in [-0.3, -0.25) is 0 Å². The molecule has 0 saturated carbocycles. The van der Waals surface area contributed by atoms with Crippen molar-refractivity contribution in [1.29, 1.82) is 0 Å². The van der Waals surface area contributed by atoms with Crippen LogP contribution in [0.25, 0.3) is 0 Å². The van der Waals surface area contributed by atoms with Crippen molar-refractivity contribution in [2.75, 3.05) is 19.6 Å². The summed E-state index contributed by atoms with van der Waals surface area (Å²) in [6.45, 7) is 3.03. The first-order valence-corrected chi connectivity index (χ1v) is 11.6. The summed E-state index contributed by atoms with van der Waals surface area (Å²) < 4.78 is 55.2. The Kier molecular flexibility index (Phi) is 6.98. The first-order chi connectivity index (χ1) is 11.8. The molecule has 1 unspecified atom stereocenters. The zero-order valence-corrected chi connectivity index (χ0v) is 16.2. The lowest BCUT2D eigenvalue weighted by atomic mass is 10.1. The highest BCUT2D eigenvalue weighted by molar-refractivity contribution is 7.92. The zero-order valence-electron chi connectivity index (χ0n) is 14.5. The third-order valence-corrected chi connectivity index (χ3v) is 8.00. The summed E-state index contributed by atoms with van der Waals surface area (Å²) in [5.41, 5.74) is 5.67. The molecule has 2 rings (SSSR count). The second-order valence-electron chi connectivity index (χ2n) is 6.25. The fourth-order valence-corrected chi connectivity index (χ4v) is 6.52. The lowest BCUT2D eigenvalue weighted by Gasteiger charge is -2.20. The first kappa shape index (κ1) is 20.3. The SMILES string of the molecule is CCCCC(CN)NS(=O)(=O)c1ccccc1S(=O)(=O)N1CCCC1. The Bertz CT molecular complexity index is 772. The van der Waals surface area contributed by atoms with Crippen LogP contribution in [0.1, 0.15) is 39.0 Å². The highest BCUT2D eigenvalue weighted by Crippen LogP contribution is 2.26. The third kappa shape index (κ3) is 4.79. The van der Waals surface area contributed by atoms with E-state index >= 15 is 0 Å². The van der Waals surface area contributed by atoms with Gasteiger partial charge in [-0.1, -0.05) is 31.9 Å². The summed E-state index contributed by atoms with van der Waals surface area (Å²) in [6.07, 6.45) is 3.97. The Hall–Kier alpha value is -1.00. The quantitative estimate of drug-likeness (QED) is 0.661. The van der Waals surface area contributed by atoms with E-state index in [0.717, 1.165) is 25.7 Å². The number of benzene rings is 1. The monoisotopic (exact) mass is 389 g/mol. The van der Waals surface area contributed by atoms with Gasteiger partial charge in [0.25, 0.3) is 0 Å². The molecule has 1 heterocycles. The summed E-state index contributed by atoms with van der Waals surface area (Å²) in [6, 6.07) is 5.35. The van der Waals surface area contributed by atoms with E-state index in [9.17, 15) is 16.8 Å². The smallest absolute Gasteiger partial charge is 0.244 e. The summed E-state index contributed by atoms with van der Waals surface area (Å²) in [5, 5.41) is 0. The molecule has 1 saturated heterocycles. The molecule has 3 N–H and O–H groups in total. The van der Waals surface area contributed by atoms with Gasteiger partial charge in [0.05, 0.1) is 0 Å². The molecule has 0 aliphatic carbocycles. The minimum absolute atomic E-state index is 0.167. The van der Waals surface area contributed by atoms with Crippen LogP contribution in [0.3, 0.4) is 0 Å². The molecule has 1 aromatic rings. The lowest BCUT2D eigenvalue weighted by Crippen LogP contribution is -2.41. The van der Waals surface area contributed by atoms with E-state index in [2.05, 4.69) is 4.72 Å². The lowest BCUT2D eigenvalue weighted by molar-refractivity contribution is 0.474. The van der Waals surface area contributed by atoms with E-state index in [4.69, 9.17) is 5.73 Å². The molecule has 0 radical (unpaired) electrons. The minimum Gasteiger partial charge on any atom is -0.329 e. The van der Waals surface area contributed by atoms with Gasteiger partial charge in [-0.25, -0.2) is 21.6 Å². The standard InChI is InChI=1S/C16H27N3O4S2/c1-2-3-8-14(13-17)18-24(20,21)15-9-4-5-10-16(15)25(22,23)19-11-6-7-12-19/h4-5,9-10,14,18H,2-3,6-8,11-13,17H2,1H3. The number of hydrogen-bond acceptors (Lipinski definition) is 5. The van der Waals surface area contributed by atoms with Crippen molar-refractivity contribution in [2.24, 2.45) is 5.73 Å². The van der Waals surface area contributed by atoms with Crippen LogP contribution in [0.4, 0.5) is 0 Å². The molecule has 7 nitrogen and oxygen atoms in total. The number of hydrogen-bond donors (Lipinski definition) is 2. The third-order valence-electron chi connectivity index (χ3n) is 4.33. The topological polar surface area (TPSA) is 110 Å². The van der Waals surface area contributed by atoms with Gasteiger partial charge in [0.2, 0.25) is 20.0 Å². The highest BCUT2D eigenvalue weighted by Gasteiger charge is 2.33. The molecule has 9 heteroatoms. The molecule has 1 atom stereocenters. The van der Waals surface area contributed by atoms with Crippen LogP contribution in [-0.4, -0.2) is 46.8 Å². The number of unbranched alkanes of at least 4 members (excludes halogenated alkanes) is 1. The van der Waals surface area contributed by atoms with E-state index in [-0.39, 0.29) is 16.3 Å². The Balaban J connectivity index is 2.35. The number of nitrogens with one attached hydrogen (secondary N) is 1. The molecule has 0 amide bonds. The van der Waals surface area contributed by atoms with Gasteiger partial charge in [0.1, 0.15) is 9.79 Å². The van der Waals surface area contributed by atoms with Crippen LogP contribution >= 0.6 is 0 Å². The Labute approximate surface area is 150 Å². The fraction of sp³-hybridized carbons (Fsp3) is 0.625. The van der Waals surface area contributed by atoms with E-state index in [0.29, 0.717) is 19.5 Å². The molecule has 1 aliphatic rings. The average Bonchev–Trinajstić information content (AvgIpc) is 3.14. The summed E-state index contributed by atoms with van der Waals surface area (Å²) >= 11 is 0. The summed E-state index contributed by atoms with van der Waals surface area (Å²) in [4.78, 5) is -0.382. The van der Waals surface area contributed by atoms with Crippen molar-refractivity contribution < 1.29 is 16.8 Å². The molecular weight excluding hydrogens is 362 g/mol. The molecule has 142 valence electrons. The Morgan fingerprint density at radius 1 is 1.12 bits per heavy atom. The minimum atomic E-state index is -3.98. The van der Waals surface area contributed by atoms with E-state index in [1.807, 2.05) is 6.92 Å². The number of nitrogens with zero attached hydrogens (tertiary/aromatic N) is 1. The Morgan fingerprint density at radius 3 is 2.28 bits per heavy atom. The fourth-order valence-electron chi connectivity index (χ4n) is 2.91. The largest absolute Gasteiger partial charge is 0.329 e. The zero-order chi connectivity index (χ0) is 18.5. The van der Waals surface area contributed by atoms with Gasteiger partial charge < -0.3 is 5.73 Å². The molecule has 0 bridgehead atoms. The van der Waals surface area contributed by atoms with Gasteiger partial charge in [0.15, 0.2) is 0 Å². The van der Waals surface area contributed by atoms with Gasteiger partial charge >= 0.3 is 0 Å². The van der Waals surface area contributed by atoms with Crippen LogP contribution in [-0.2, 0) is 20.0 Å². The molecule has 1 fully saturated rings. The van der Waals surface area contributed by atoms with Crippen LogP contribution < -0.4 is 10.5 Å². The number of nitrogens with two attached hydrogens (primary N) is 1. The molecule has 1 aromatic carbocycles. The molecule has 0 spiro atoms. The predicted molar refractivity (Wildman–Crippen MR) is 97.1 cm³/mol. The highest BCUT2D eigenvalue weighted by atomic mass is 32.2. The number of rotatable bonds is 9. The maximum atomic E-state index is 12.8. The maximum Gasteiger partial charge on any atom is 0.244 e. The second-order valence-corrected chi connectivity index (χ2v) is 9.84. The predicted octanol–water partition coefficient (Wildman–Crippen LogP) is 1.27. The van der Waals surface area contributed by atoms with Crippen LogP contribution in [0.2, 0.25) is 0 Å². The van der Waals surface area contributed by atoms with Crippen molar-refractivity contribution in [3.63, 3.8) is 0 Å². The van der Waals surface area contributed by atoms with Crippen molar-refractivity contribution in [3.8, 4) is 0 Å². The van der Waals surface area contributed by atoms with Crippen molar-refractivity contribution in [1.82, 2.24) is 9.03 Å². The first-order valence-electron chi connectivity index (χ1n) is 8.64. The van der Waals surface area contributed by atoms with Crippen LogP contribution in [0.5, 0.6) is 0 Å². The summed E-state index contributed by atoms with van der Waals surface area (Å²) in [7, 11) is -7.81. The molecule has 1 aliphatic heterocycles. The van der Waals surface area contributed by atoms with Crippen LogP contribution in [0, 0.1) is 0 Å². The molecule has 25 heavy (non-hydrogen) atoms. The van der Waals surface area contributed by atoms with E-state index in [1.54, 1.807) is 6.07 Å². The van der Waals surface area contributed by atoms with Gasteiger partial charge in [-0.2, -0.15) is 4.31 Å². The second kappa shape index (κ2) is 8.59. The molecular formula is C16H27N3O4S2. The molecule has 0 aromatic heterocycles. The van der Waals surface area contributed by atoms with Crippen molar-refractivity contribution in [2.45, 2.75) is 54.9 Å². The van der Waals surface area contributed by atoms with Crippen molar-refractivity contribution >= 4 is 20.0 Å². The Morgan fingerprint density at radius 2 is 1.72 bits per heavy atom. The van der Waals surface area contributed by atoms with Gasteiger partial charge in [-0.15, -0.1) is 0 Å². The normalized spacial score (nSPS) is 17.7. The van der Waals surface area contributed by atoms with Crippen LogP contribution in [0.15, 0.2) is 34.1 Å². The average molecular weight is 390 g/mol. The van der Waals surface area contributed by atoms with Gasteiger partial charge in [-0.05, 0) is 31.4 Å².